The molecule has 2 rings (SSSR count). The van der Waals surface area contributed by atoms with Gasteiger partial charge in [0.1, 0.15) is 12.4 Å². The molecule has 1 aliphatic carbocycles. The molecule has 1 amide bonds. The third-order valence-corrected chi connectivity index (χ3v) is 2.83. The number of benzene rings is 1. The van der Waals surface area contributed by atoms with Crippen molar-refractivity contribution < 1.29 is 19.1 Å². The predicted octanol–water partition coefficient (Wildman–Crippen LogP) is 0.978. The molecule has 1 aromatic carbocycles. The van der Waals surface area contributed by atoms with Gasteiger partial charge in [-0.25, -0.2) is 4.39 Å². The summed E-state index contributed by atoms with van der Waals surface area (Å²) < 4.78 is 13.9. The predicted molar refractivity (Wildman–Crippen MR) is 62.9 cm³/mol. The monoisotopic (exact) mass is 252 g/mol. The van der Waals surface area contributed by atoms with Crippen molar-refractivity contribution in [3.63, 3.8) is 0 Å². The summed E-state index contributed by atoms with van der Waals surface area (Å²) in [5, 5.41) is 8.82. The first-order valence-corrected chi connectivity index (χ1v) is 5.57. The van der Waals surface area contributed by atoms with Gasteiger partial charge in [-0.15, -0.1) is 0 Å². The Hall–Kier alpha value is -2.11. The number of hydrogen-bond donors (Lipinski definition) is 2. The summed E-state index contributed by atoms with van der Waals surface area (Å²) in [7, 11) is 0. The number of carbonyl (C=O) groups is 2. The lowest BCUT2D eigenvalue weighted by molar-refractivity contribution is -0.135. The second kappa shape index (κ2) is 4.64. The number of aliphatic carboxylic acids is 1. The quantitative estimate of drug-likeness (QED) is 0.818. The van der Waals surface area contributed by atoms with Crippen molar-refractivity contribution in [3.05, 3.63) is 29.6 Å². The SMILES string of the molecule is NC(=O)c1ccc(N(CC(=O)O)C2CC2)c(F)c1. The van der Waals surface area contributed by atoms with E-state index in [2.05, 4.69) is 0 Å². The molecule has 1 saturated carbocycles. The molecule has 0 aliphatic heterocycles. The standard InChI is InChI=1S/C12H13FN2O3/c13-9-5-7(12(14)18)1-4-10(9)15(6-11(16)17)8-2-3-8/h1,4-5,8H,2-3,6H2,(H2,14,18)(H,16,17). The van der Waals surface area contributed by atoms with Crippen LogP contribution in [0, 0.1) is 5.82 Å². The molecule has 0 saturated heterocycles. The van der Waals surface area contributed by atoms with Crippen molar-refractivity contribution in [2.75, 3.05) is 11.4 Å². The van der Waals surface area contributed by atoms with Gasteiger partial charge in [0.05, 0.1) is 5.69 Å². The highest BCUT2D eigenvalue weighted by atomic mass is 19.1. The van der Waals surface area contributed by atoms with Crippen molar-refractivity contribution in [1.82, 2.24) is 0 Å². The first kappa shape index (κ1) is 12.3. The molecule has 0 heterocycles. The molecule has 5 nitrogen and oxygen atoms in total. The van der Waals surface area contributed by atoms with Crippen LogP contribution in [-0.4, -0.2) is 29.6 Å². The molecule has 1 aromatic rings. The van der Waals surface area contributed by atoms with Crippen LogP contribution in [0.3, 0.4) is 0 Å². The molecular weight excluding hydrogens is 239 g/mol. The molecule has 1 aliphatic rings. The van der Waals surface area contributed by atoms with Gasteiger partial charge in [-0.1, -0.05) is 0 Å². The van der Waals surface area contributed by atoms with Crippen LogP contribution in [0.4, 0.5) is 10.1 Å². The fourth-order valence-electron chi connectivity index (χ4n) is 1.84. The van der Waals surface area contributed by atoms with Gasteiger partial charge in [0.25, 0.3) is 0 Å². The van der Waals surface area contributed by atoms with Gasteiger partial charge in [-0.3, -0.25) is 9.59 Å². The number of rotatable bonds is 5. The van der Waals surface area contributed by atoms with Crippen LogP contribution in [0.25, 0.3) is 0 Å². The molecule has 0 spiro atoms. The smallest absolute Gasteiger partial charge is 0.323 e. The average molecular weight is 252 g/mol. The molecule has 18 heavy (non-hydrogen) atoms. The van der Waals surface area contributed by atoms with E-state index in [1.54, 1.807) is 0 Å². The van der Waals surface area contributed by atoms with Crippen LogP contribution in [0.1, 0.15) is 23.2 Å². The Bertz CT molecular complexity index is 500. The van der Waals surface area contributed by atoms with Gasteiger partial charge >= 0.3 is 5.97 Å². The van der Waals surface area contributed by atoms with Crippen molar-refractivity contribution in [1.29, 1.82) is 0 Å². The summed E-state index contributed by atoms with van der Waals surface area (Å²) >= 11 is 0. The van der Waals surface area contributed by atoms with Crippen molar-refractivity contribution >= 4 is 17.6 Å². The lowest BCUT2D eigenvalue weighted by atomic mass is 10.1. The van der Waals surface area contributed by atoms with E-state index in [9.17, 15) is 14.0 Å². The maximum absolute atomic E-state index is 13.9. The Morgan fingerprint density at radius 3 is 2.56 bits per heavy atom. The second-order valence-corrected chi connectivity index (χ2v) is 4.28. The van der Waals surface area contributed by atoms with E-state index in [-0.39, 0.29) is 23.8 Å². The number of carboxylic acid groups (broad SMARTS) is 1. The third kappa shape index (κ3) is 2.58. The molecular formula is C12H13FN2O3. The highest BCUT2D eigenvalue weighted by Crippen LogP contribution is 2.33. The number of amides is 1. The minimum Gasteiger partial charge on any atom is -0.480 e. The van der Waals surface area contributed by atoms with Crippen molar-refractivity contribution in [2.24, 2.45) is 5.73 Å². The molecule has 0 atom stereocenters. The van der Waals surface area contributed by atoms with Crippen LogP contribution in [0.15, 0.2) is 18.2 Å². The maximum Gasteiger partial charge on any atom is 0.323 e. The minimum atomic E-state index is -1.01. The number of nitrogens with two attached hydrogens (primary N) is 1. The lowest BCUT2D eigenvalue weighted by Crippen LogP contribution is -2.32. The number of halogens is 1. The highest BCUT2D eigenvalue weighted by Gasteiger charge is 2.32. The molecule has 3 N–H and O–H groups in total. The molecule has 0 unspecified atom stereocenters. The van der Waals surface area contributed by atoms with E-state index >= 15 is 0 Å². The first-order chi connectivity index (χ1) is 8.49. The average Bonchev–Trinajstić information content (AvgIpc) is 3.09. The van der Waals surface area contributed by atoms with Gasteiger partial charge in [0.15, 0.2) is 0 Å². The van der Waals surface area contributed by atoms with Gasteiger partial charge < -0.3 is 15.7 Å². The lowest BCUT2D eigenvalue weighted by Gasteiger charge is -2.23. The summed E-state index contributed by atoms with van der Waals surface area (Å²) in [4.78, 5) is 23.2. The topological polar surface area (TPSA) is 83.6 Å². The van der Waals surface area contributed by atoms with Crippen LogP contribution in [0.2, 0.25) is 0 Å². The van der Waals surface area contributed by atoms with E-state index in [0.717, 1.165) is 18.9 Å². The summed E-state index contributed by atoms with van der Waals surface area (Å²) in [6.45, 7) is -0.252. The largest absolute Gasteiger partial charge is 0.480 e. The Balaban J connectivity index is 2.30. The van der Waals surface area contributed by atoms with Gasteiger partial charge in [-0.2, -0.15) is 0 Å². The van der Waals surface area contributed by atoms with Gasteiger partial charge in [0, 0.05) is 11.6 Å². The zero-order valence-electron chi connectivity index (χ0n) is 9.60. The molecule has 96 valence electrons. The third-order valence-electron chi connectivity index (χ3n) is 2.83. The number of carboxylic acids is 1. The molecule has 6 heteroatoms. The van der Waals surface area contributed by atoms with E-state index in [4.69, 9.17) is 10.8 Å². The summed E-state index contributed by atoms with van der Waals surface area (Å²) in [5.41, 5.74) is 5.32. The normalized spacial score (nSPS) is 14.3. The Labute approximate surface area is 103 Å². The van der Waals surface area contributed by atoms with E-state index in [1.165, 1.54) is 17.0 Å². The van der Waals surface area contributed by atoms with Crippen molar-refractivity contribution in [2.45, 2.75) is 18.9 Å². The van der Waals surface area contributed by atoms with Crippen LogP contribution >= 0.6 is 0 Å². The Kier molecular flexibility index (Phi) is 3.18. The minimum absolute atomic E-state index is 0.0648. The van der Waals surface area contributed by atoms with E-state index in [1.807, 2.05) is 0 Å². The Morgan fingerprint density at radius 1 is 1.44 bits per heavy atom. The van der Waals surface area contributed by atoms with Crippen molar-refractivity contribution in [3.8, 4) is 0 Å². The summed E-state index contributed by atoms with van der Waals surface area (Å²) in [5.74, 6) is -2.35. The number of anilines is 1. The summed E-state index contributed by atoms with van der Waals surface area (Å²) in [6.07, 6.45) is 1.70. The fraction of sp³-hybridized carbons (Fsp3) is 0.333. The van der Waals surface area contributed by atoms with Crippen LogP contribution < -0.4 is 10.6 Å². The zero-order valence-corrected chi connectivity index (χ0v) is 9.60. The zero-order chi connectivity index (χ0) is 13.3. The van der Waals surface area contributed by atoms with E-state index < -0.39 is 17.7 Å². The molecule has 1 fully saturated rings. The number of carbonyl (C=O) groups excluding carboxylic acids is 1. The van der Waals surface area contributed by atoms with Gasteiger partial charge in [-0.05, 0) is 31.0 Å². The van der Waals surface area contributed by atoms with Crippen LogP contribution in [0.5, 0.6) is 0 Å². The maximum atomic E-state index is 13.9. The van der Waals surface area contributed by atoms with Gasteiger partial charge in [0.2, 0.25) is 5.91 Å². The first-order valence-electron chi connectivity index (χ1n) is 5.57. The summed E-state index contributed by atoms with van der Waals surface area (Å²) in [6, 6.07) is 3.90. The number of hydrogen-bond acceptors (Lipinski definition) is 3. The fourth-order valence-corrected chi connectivity index (χ4v) is 1.84. The van der Waals surface area contributed by atoms with Crippen LogP contribution in [-0.2, 0) is 4.79 Å². The number of primary amides is 1. The highest BCUT2D eigenvalue weighted by molar-refractivity contribution is 5.93. The molecule has 0 bridgehead atoms. The second-order valence-electron chi connectivity index (χ2n) is 4.28. The number of nitrogens with zero attached hydrogens (tertiary/aromatic N) is 1. The molecule has 0 radical (unpaired) electrons. The molecule has 0 aromatic heterocycles. The Morgan fingerprint density at radius 2 is 2.11 bits per heavy atom. The van der Waals surface area contributed by atoms with E-state index in [0.29, 0.717) is 0 Å².